The Hall–Kier alpha value is -1.18. The van der Waals surface area contributed by atoms with Gasteiger partial charge in [-0.2, -0.15) is 0 Å². The second-order valence-electron chi connectivity index (χ2n) is 7.44. The van der Waals surface area contributed by atoms with Crippen molar-refractivity contribution in [1.82, 2.24) is 4.90 Å². The number of benzene rings is 1. The Kier molecular flexibility index (Phi) is 7.85. The quantitative estimate of drug-likeness (QED) is 0.648. The van der Waals surface area contributed by atoms with E-state index in [2.05, 4.69) is 55.5 Å². The zero-order chi connectivity index (χ0) is 19.2. The van der Waals surface area contributed by atoms with E-state index < -0.39 is 9.84 Å². The highest BCUT2D eigenvalue weighted by Crippen LogP contribution is 2.19. The zero-order valence-corrected chi connectivity index (χ0v) is 17.8. The van der Waals surface area contributed by atoms with Crippen LogP contribution in [0.1, 0.15) is 31.7 Å². The molecule has 1 heterocycles. The van der Waals surface area contributed by atoms with E-state index in [-0.39, 0.29) is 17.5 Å². The van der Waals surface area contributed by atoms with Gasteiger partial charge in [-0.1, -0.05) is 25.5 Å². The Labute approximate surface area is 163 Å². The van der Waals surface area contributed by atoms with Gasteiger partial charge < -0.3 is 15.1 Å². The van der Waals surface area contributed by atoms with Gasteiger partial charge >= 0.3 is 0 Å². The van der Waals surface area contributed by atoms with Crippen molar-refractivity contribution >= 4 is 32.9 Å². The second kappa shape index (κ2) is 9.67. The molecule has 0 saturated carbocycles. The maximum absolute atomic E-state index is 11.9. The molecule has 0 spiro atoms. The topological polar surface area (TPSA) is 53.9 Å². The molecule has 0 radical (unpaired) electrons. The van der Waals surface area contributed by atoms with Gasteiger partial charge in [-0.3, -0.25) is 0 Å². The number of quaternary nitrogens is 1. The van der Waals surface area contributed by atoms with E-state index in [1.54, 1.807) is 0 Å². The minimum atomic E-state index is -2.94. The molecule has 2 rings (SSSR count). The number of unbranched alkanes of at least 4 members (excludes halogenated alkanes) is 1. The molecule has 1 aliphatic rings. The molecule has 0 unspecified atom stereocenters. The Morgan fingerprint density at radius 3 is 2.54 bits per heavy atom. The fourth-order valence-electron chi connectivity index (χ4n) is 3.15. The fourth-order valence-corrected chi connectivity index (χ4v) is 5.24. The molecule has 0 aromatic heterocycles. The lowest BCUT2D eigenvalue weighted by Crippen LogP contribution is -3.06. The van der Waals surface area contributed by atoms with Gasteiger partial charge in [0, 0.05) is 11.7 Å². The second-order valence-corrected chi connectivity index (χ2v) is 10.1. The standard InChI is InChI=1S/C19H31N3O2S2/c1-4-5-6-16-7-9-17(10-8-16)20-19(25)22(13-12-21(2)3)18-11-14-26(23,24)15-18/h7-10,18H,4-6,11-15H2,1-3H3,(H,20,25)/p+1/t18-/m1/s1. The first-order chi connectivity index (χ1) is 12.3. The van der Waals surface area contributed by atoms with E-state index in [9.17, 15) is 8.42 Å². The van der Waals surface area contributed by atoms with Gasteiger partial charge in [-0.25, -0.2) is 8.42 Å². The molecule has 1 aromatic carbocycles. The molecule has 1 aromatic rings. The summed E-state index contributed by atoms with van der Waals surface area (Å²) >= 11 is 5.63. The van der Waals surface area contributed by atoms with Crippen LogP contribution in [0.4, 0.5) is 5.69 Å². The predicted octanol–water partition coefficient (Wildman–Crippen LogP) is 1.36. The van der Waals surface area contributed by atoms with Gasteiger partial charge in [0.1, 0.15) is 0 Å². The number of nitrogens with zero attached hydrogens (tertiary/aromatic N) is 1. The molecule has 1 fully saturated rings. The molecule has 2 N–H and O–H groups in total. The minimum Gasteiger partial charge on any atom is -0.339 e. The molecule has 0 amide bonds. The lowest BCUT2D eigenvalue weighted by atomic mass is 10.1. The van der Waals surface area contributed by atoms with E-state index in [0.29, 0.717) is 11.5 Å². The average molecular weight is 399 g/mol. The van der Waals surface area contributed by atoms with Crippen molar-refractivity contribution in [3.8, 4) is 0 Å². The summed E-state index contributed by atoms with van der Waals surface area (Å²) in [6.45, 7) is 3.86. The van der Waals surface area contributed by atoms with Crippen LogP contribution in [0.5, 0.6) is 0 Å². The van der Waals surface area contributed by atoms with E-state index >= 15 is 0 Å². The van der Waals surface area contributed by atoms with E-state index in [0.717, 1.165) is 25.2 Å². The number of nitrogens with one attached hydrogen (secondary N) is 2. The summed E-state index contributed by atoms with van der Waals surface area (Å²) in [5, 5.41) is 3.93. The van der Waals surface area contributed by atoms with Crippen molar-refractivity contribution in [2.24, 2.45) is 0 Å². The van der Waals surface area contributed by atoms with Crippen molar-refractivity contribution in [2.45, 2.75) is 38.6 Å². The van der Waals surface area contributed by atoms with E-state index in [1.165, 1.54) is 23.3 Å². The number of likely N-dealkylation sites (N-methyl/N-ethyl adjacent to an activating group) is 1. The molecule has 0 bridgehead atoms. The van der Waals surface area contributed by atoms with Crippen molar-refractivity contribution < 1.29 is 13.3 Å². The van der Waals surface area contributed by atoms with Gasteiger partial charge in [0.15, 0.2) is 14.9 Å². The van der Waals surface area contributed by atoms with Crippen LogP contribution >= 0.6 is 12.2 Å². The maximum Gasteiger partial charge on any atom is 0.173 e. The number of rotatable bonds is 8. The number of aryl methyl sites for hydroxylation is 1. The Bertz CT molecular complexity index is 687. The molecule has 7 heteroatoms. The fraction of sp³-hybridized carbons (Fsp3) is 0.632. The number of sulfone groups is 1. The summed E-state index contributed by atoms with van der Waals surface area (Å²) in [5.41, 5.74) is 2.29. The first kappa shape index (κ1) is 21.1. The minimum absolute atomic E-state index is 0.0248. The SMILES string of the molecule is CCCCc1ccc(NC(=S)N(CC[NH+](C)C)[C@@H]2CCS(=O)(=O)C2)cc1. The normalized spacial score (nSPS) is 18.8. The summed E-state index contributed by atoms with van der Waals surface area (Å²) in [6.07, 6.45) is 4.14. The Morgan fingerprint density at radius 2 is 2.00 bits per heavy atom. The van der Waals surface area contributed by atoms with Gasteiger partial charge in [0.25, 0.3) is 0 Å². The van der Waals surface area contributed by atoms with Crippen molar-refractivity contribution in [3.05, 3.63) is 29.8 Å². The smallest absolute Gasteiger partial charge is 0.173 e. The zero-order valence-electron chi connectivity index (χ0n) is 16.1. The first-order valence-electron chi connectivity index (χ1n) is 9.46. The van der Waals surface area contributed by atoms with Crippen LogP contribution in [-0.4, -0.2) is 63.2 Å². The third-order valence-corrected chi connectivity index (χ3v) is 6.87. The van der Waals surface area contributed by atoms with Crippen molar-refractivity contribution in [3.63, 3.8) is 0 Å². The molecular weight excluding hydrogens is 366 g/mol. The third kappa shape index (κ3) is 6.52. The molecule has 0 aliphatic carbocycles. The van der Waals surface area contributed by atoms with Crippen LogP contribution in [0, 0.1) is 0 Å². The van der Waals surface area contributed by atoms with Gasteiger partial charge in [-0.05, 0) is 49.2 Å². The molecule has 1 saturated heterocycles. The Morgan fingerprint density at radius 1 is 1.31 bits per heavy atom. The van der Waals surface area contributed by atoms with Gasteiger partial charge in [0.2, 0.25) is 0 Å². The predicted molar refractivity (Wildman–Crippen MR) is 113 cm³/mol. The maximum atomic E-state index is 11.9. The third-order valence-electron chi connectivity index (χ3n) is 4.79. The van der Waals surface area contributed by atoms with Gasteiger partial charge in [-0.15, -0.1) is 0 Å². The largest absolute Gasteiger partial charge is 0.339 e. The molecule has 26 heavy (non-hydrogen) atoms. The van der Waals surface area contributed by atoms with Crippen LogP contribution in [0.15, 0.2) is 24.3 Å². The van der Waals surface area contributed by atoms with Crippen LogP contribution in [0.3, 0.4) is 0 Å². The highest BCUT2D eigenvalue weighted by atomic mass is 32.2. The summed E-state index contributed by atoms with van der Waals surface area (Å²) in [5.74, 6) is 0.464. The molecule has 1 aliphatic heterocycles. The first-order valence-corrected chi connectivity index (χ1v) is 11.7. The summed E-state index contributed by atoms with van der Waals surface area (Å²) in [7, 11) is 1.25. The van der Waals surface area contributed by atoms with E-state index in [1.807, 2.05) is 0 Å². The lowest BCUT2D eigenvalue weighted by Gasteiger charge is -2.31. The lowest BCUT2D eigenvalue weighted by molar-refractivity contribution is -0.857. The number of anilines is 1. The molecular formula is C19H32N3O2S2+. The number of hydrogen-bond acceptors (Lipinski definition) is 3. The van der Waals surface area contributed by atoms with E-state index in [4.69, 9.17) is 12.2 Å². The van der Waals surface area contributed by atoms with Crippen LogP contribution in [0.2, 0.25) is 0 Å². The molecule has 146 valence electrons. The average Bonchev–Trinajstić information content (AvgIpc) is 2.94. The summed E-state index contributed by atoms with van der Waals surface area (Å²) in [6, 6.07) is 8.35. The molecule has 5 nitrogen and oxygen atoms in total. The highest BCUT2D eigenvalue weighted by Gasteiger charge is 2.33. The Balaban J connectivity index is 2.03. The summed E-state index contributed by atoms with van der Waals surface area (Å²) < 4.78 is 23.8. The van der Waals surface area contributed by atoms with Crippen molar-refractivity contribution in [2.75, 3.05) is 44.0 Å². The van der Waals surface area contributed by atoms with Crippen LogP contribution in [0.25, 0.3) is 0 Å². The molecule has 1 atom stereocenters. The number of thiocarbonyl (C=S) groups is 1. The van der Waals surface area contributed by atoms with Crippen molar-refractivity contribution in [1.29, 1.82) is 0 Å². The van der Waals surface area contributed by atoms with Crippen LogP contribution in [-0.2, 0) is 16.3 Å². The number of hydrogen-bond donors (Lipinski definition) is 2. The van der Waals surface area contributed by atoms with Gasteiger partial charge in [0.05, 0.1) is 38.7 Å². The highest BCUT2D eigenvalue weighted by molar-refractivity contribution is 7.91. The summed E-state index contributed by atoms with van der Waals surface area (Å²) in [4.78, 5) is 3.39. The van der Waals surface area contributed by atoms with Crippen LogP contribution < -0.4 is 10.2 Å². The monoisotopic (exact) mass is 398 g/mol.